The van der Waals surface area contributed by atoms with Crippen LogP contribution in [0, 0.1) is 11.8 Å². The molecule has 3 unspecified atom stereocenters. The van der Waals surface area contributed by atoms with Crippen molar-refractivity contribution in [3.8, 4) is 0 Å². The first kappa shape index (κ1) is 7.65. The molecule has 0 spiro atoms. The van der Waals surface area contributed by atoms with Crippen LogP contribution in [-0.4, -0.2) is 28.0 Å². The average Bonchev–Trinajstić information content (AvgIpc) is 2.34. The van der Waals surface area contributed by atoms with E-state index in [1.54, 1.807) is 0 Å². The molecule has 1 aliphatic heterocycles. The summed E-state index contributed by atoms with van der Waals surface area (Å²) >= 11 is 11.6. The Labute approximate surface area is 73.7 Å². The average molecular weight is 196 g/mol. The highest BCUT2D eigenvalue weighted by Gasteiger charge is 2.70. The second kappa shape index (κ2) is 2.03. The highest BCUT2D eigenvalue weighted by Crippen LogP contribution is 2.62. The Balaban J connectivity index is 2.13. The highest BCUT2D eigenvalue weighted by molar-refractivity contribution is 6.51. The number of piperidine rings is 1. The van der Waals surface area contributed by atoms with Gasteiger partial charge in [0.05, 0.1) is 0 Å². The zero-order valence-corrected chi connectivity index (χ0v) is 7.06. The summed E-state index contributed by atoms with van der Waals surface area (Å²) in [7, 11) is 0. The molecule has 0 aromatic carbocycles. The van der Waals surface area contributed by atoms with Gasteiger partial charge in [0, 0.05) is 18.4 Å². The predicted molar refractivity (Wildman–Crippen MR) is 40.8 cm³/mol. The van der Waals surface area contributed by atoms with Gasteiger partial charge in [-0.2, -0.15) is 0 Å². The monoisotopic (exact) mass is 195 g/mol. The van der Waals surface area contributed by atoms with Crippen molar-refractivity contribution < 1.29 is 9.90 Å². The van der Waals surface area contributed by atoms with Crippen LogP contribution in [0.3, 0.4) is 0 Å². The van der Waals surface area contributed by atoms with E-state index >= 15 is 0 Å². The van der Waals surface area contributed by atoms with Crippen LogP contribution < -0.4 is 5.32 Å². The molecule has 1 heterocycles. The van der Waals surface area contributed by atoms with Gasteiger partial charge in [-0.05, 0) is 0 Å². The molecule has 2 fully saturated rings. The minimum atomic E-state index is -0.860. The topological polar surface area (TPSA) is 49.3 Å². The van der Waals surface area contributed by atoms with Crippen molar-refractivity contribution in [3.05, 3.63) is 0 Å². The number of fused-ring (bicyclic) bond motifs is 1. The van der Waals surface area contributed by atoms with E-state index < -0.39 is 16.3 Å². The minimum Gasteiger partial charge on any atom is -0.480 e. The molecule has 3 nitrogen and oxygen atoms in total. The van der Waals surface area contributed by atoms with Crippen LogP contribution >= 0.6 is 23.2 Å². The van der Waals surface area contributed by atoms with Gasteiger partial charge in [0.1, 0.15) is 10.4 Å². The molecule has 62 valence electrons. The van der Waals surface area contributed by atoms with Gasteiger partial charge in [0.25, 0.3) is 0 Å². The van der Waals surface area contributed by atoms with Gasteiger partial charge in [-0.3, -0.25) is 4.79 Å². The van der Waals surface area contributed by atoms with Crippen LogP contribution in [0.25, 0.3) is 0 Å². The number of hydrogen-bond donors (Lipinski definition) is 2. The largest absolute Gasteiger partial charge is 0.480 e. The number of hydrogen-bond acceptors (Lipinski definition) is 2. The third-order valence-electron chi connectivity index (χ3n) is 2.45. The van der Waals surface area contributed by atoms with Crippen molar-refractivity contribution in [1.29, 1.82) is 0 Å². The number of carboxylic acids is 1. The smallest absolute Gasteiger partial charge is 0.321 e. The molecule has 0 bridgehead atoms. The van der Waals surface area contributed by atoms with Crippen LogP contribution in [-0.2, 0) is 4.79 Å². The lowest BCUT2D eigenvalue weighted by molar-refractivity contribution is -0.139. The van der Waals surface area contributed by atoms with Crippen LogP contribution in [0.2, 0.25) is 0 Å². The first-order chi connectivity index (χ1) is 5.05. The molecule has 1 saturated carbocycles. The quantitative estimate of drug-likeness (QED) is 0.599. The van der Waals surface area contributed by atoms with Gasteiger partial charge in [0.2, 0.25) is 0 Å². The molecule has 0 radical (unpaired) electrons. The molecule has 11 heavy (non-hydrogen) atoms. The number of rotatable bonds is 1. The number of alkyl halides is 2. The summed E-state index contributed by atoms with van der Waals surface area (Å²) in [6, 6.07) is -0.546. The normalized spacial score (nSPS) is 45.1. The number of nitrogens with one attached hydrogen (secondary N) is 1. The molecule has 1 saturated heterocycles. The van der Waals surface area contributed by atoms with Crippen LogP contribution in [0.4, 0.5) is 0 Å². The summed E-state index contributed by atoms with van der Waals surface area (Å²) in [6.45, 7) is 0.620. The molecule has 0 aromatic heterocycles. The number of aliphatic carboxylic acids is 1. The highest BCUT2D eigenvalue weighted by atomic mass is 35.5. The second-order valence-corrected chi connectivity index (χ2v) is 4.48. The van der Waals surface area contributed by atoms with E-state index in [0.29, 0.717) is 6.54 Å². The molecule has 2 aliphatic rings. The van der Waals surface area contributed by atoms with Gasteiger partial charge in [-0.1, -0.05) is 0 Å². The molecular weight excluding hydrogens is 189 g/mol. The zero-order valence-electron chi connectivity index (χ0n) is 5.55. The van der Waals surface area contributed by atoms with Crippen molar-refractivity contribution in [2.75, 3.05) is 6.54 Å². The zero-order chi connectivity index (χ0) is 8.22. The molecule has 0 aromatic rings. The van der Waals surface area contributed by atoms with Crippen molar-refractivity contribution in [2.45, 2.75) is 10.4 Å². The Bertz CT molecular complexity index is 219. The first-order valence-electron chi connectivity index (χ1n) is 3.39. The summed E-state index contributed by atoms with van der Waals surface area (Å²) in [5.74, 6) is -0.823. The van der Waals surface area contributed by atoms with Gasteiger partial charge in [-0.15, -0.1) is 23.2 Å². The SMILES string of the molecule is O=C(O)C1NCC2C1C2(Cl)Cl. The summed E-state index contributed by atoms with van der Waals surface area (Å²) < 4.78 is -0.783. The van der Waals surface area contributed by atoms with Gasteiger partial charge < -0.3 is 10.4 Å². The summed E-state index contributed by atoms with van der Waals surface area (Å²) in [5, 5.41) is 11.5. The maximum Gasteiger partial charge on any atom is 0.321 e. The molecule has 1 aliphatic carbocycles. The summed E-state index contributed by atoms with van der Waals surface area (Å²) in [6.07, 6.45) is 0. The maximum atomic E-state index is 10.5. The Kier molecular flexibility index (Phi) is 1.41. The van der Waals surface area contributed by atoms with Crippen LogP contribution in [0.15, 0.2) is 0 Å². The number of halogens is 2. The minimum absolute atomic E-state index is 0.0941. The van der Waals surface area contributed by atoms with Crippen molar-refractivity contribution in [3.63, 3.8) is 0 Å². The Morgan fingerprint density at radius 2 is 2.27 bits per heavy atom. The molecular formula is C6H7Cl2NO2. The van der Waals surface area contributed by atoms with Crippen molar-refractivity contribution in [2.24, 2.45) is 11.8 Å². The maximum absolute atomic E-state index is 10.5. The lowest BCUT2D eigenvalue weighted by Gasteiger charge is -2.11. The fourth-order valence-corrected chi connectivity index (χ4v) is 2.61. The molecule has 5 heteroatoms. The predicted octanol–water partition coefficient (Wildman–Crippen LogP) is 0.463. The number of carbonyl (C=O) groups is 1. The van der Waals surface area contributed by atoms with Crippen molar-refractivity contribution in [1.82, 2.24) is 5.32 Å². The van der Waals surface area contributed by atoms with E-state index in [4.69, 9.17) is 28.3 Å². The third kappa shape index (κ3) is 0.880. The third-order valence-corrected chi connectivity index (χ3v) is 3.51. The summed E-state index contributed by atoms with van der Waals surface area (Å²) in [5.41, 5.74) is 0. The molecule has 3 atom stereocenters. The van der Waals surface area contributed by atoms with E-state index in [0.717, 1.165) is 0 Å². The fourth-order valence-electron chi connectivity index (χ4n) is 1.76. The number of carboxylic acid groups (broad SMARTS) is 1. The van der Waals surface area contributed by atoms with Gasteiger partial charge >= 0.3 is 5.97 Å². The van der Waals surface area contributed by atoms with E-state index in [9.17, 15) is 4.79 Å². The molecule has 0 amide bonds. The summed E-state index contributed by atoms with van der Waals surface area (Å²) in [4.78, 5) is 10.5. The Morgan fingerprint density at radius 1 is 1.64 bits per heavy atom. The molecule has 2 rings (SSSR count). The Morgan fingerprint density at radius 3 is 2.55 bits per heavy atom. The van der Waals surface area contributed by atoms with Crippen molar-refractivity contribution >= 4 is 29.2 Å². The lowest BCUT2D eigenvalue weighted by Crippen LogP contribution is -2.37. The standard InChI is InChI=1S/C6H7Cl2NO2/c7-6(8)2-1-9-4(3(2)6)5(10)11/h2-4,9H,1H2,(H,10,11). The van der Waals surface area contributed by atoms with E-state index in [-0.39, 0.29) is 11.8 Å². The van der Waals surface area contributed by atoms with Gasteiger partial charge in [0.15, 0.2) is 0 Å². The second-order valence-electron chi connectivity index (χ2n) is 3.03. The van der Waals surface area contributed by atoms with Crippen LogP contribution in [0.5, 0.6) is 0 Å². The first-order valence-corrected chi connectivity index (χ1v) is 4.14. The van der Waals surface area contributed by atoms with E-state index in [1.807, 2.05) is 0 Å². The van der Waals surface area contributed by atoms with E-state index in [1.165, 1.54) is 0 Å². The fraction of sp³-hybridized carbons (Fsp3) is 0.833. The van der Waals surface area contributed by atoms with Crippen LogP contribution in [0.1, 0.15) is 0 Å². The van der Waals surface area contributed by atoms with E-state index in [2.05, 4.69) is 5.32 Å². The Hall–Kier alpha value is 0.01000. The molecule has 2 N–H and O–H groups in total. The lowest BCUT2D eigenvalue weighted by atomic mass is 10.2. The van der Waals surface area contributed by atoms with Gasteiger partial charge in [-0.25, -0.2) is 0 Å².